The van der Waals surface area contributed by atoms with Crippen LogP contribution in [0.15, 0.2) is 35.4 Å². The molecule has 1 aromatic heterocycles. The Balaban J connectivity index is 1.25. The van der Waals surface area contributed by atoms with Crippen LogP contribution < -0.4 is 5.43 Å². The molecule has 7 heteroatoms. The molecule has 1 aliphatic heterocycles. The fourth-order valence-corrected chi connectivity index (χ4v) is 8.14. The molecule has 1 N–H and O–H groups in total. The molecule has 2 heterocycles. The van der Waals surface area contributed by atoms with Gasteiger partial charge in [-0.05, 0) is 87.6 Å². The predicted molar refractivity (Wildman–Crippen MR) is 131 cm³/mol. The van der Waals surface area contributed by atoms with Crippen molar-refractivity contribution in [3.8, 4) is 0 Å². The maximum atomic E-state index is 13.4. The van der Waals surface area contributed by atoms with Crippen LogP contribution in [-0.2, 0) is 16.1 Å². The van der Waals surface area contributed by atoms with Crippen LogP contribution in [-0.4, -0.2) is 25.7 Å². The van der Waals surface area contributed by atoms with Crippen molar-refractivity contribution < 1.29 is 9.59 Å². The minimum Gasteiger partial charge on any atom is -0.347 e. The van der Waals surface area contributed by atoms with E-state index in [9.17, 15) is 9.59 Å². The first-order valence-corrected chi connectivity index (χ1v) is 12.8. The molecule has 5 nitrogen and oxygen atoms in total. The highest BCUT2D eigenvalue weighted by atomic mass is 32.2. The number of nitrogens with zero attached hydrogens (tertiary/aromatic N) is 2. The van der Waals surface area contributed by atoms with Crippen LogP contribution >= 0.6 is 24.0 Å². The molecular formula is C25H27N3O2S2. The number of carbonyl (C=O) groups is 2. The molecule has 32 heavy (non-hydrogen) atoms. The predicted octanol–water partition coefficient (Wildman–Crippen LogP) is 5.11. The van der Waals surface area contributed by atoms with E-state index in [4.69, 9.17) is 12.2 Å². The van der Waals surface area contributed by atoms with Crippen molar-refractivity contribution in [2.75, 3.05) is 0 Å². The highest BCUT2D eigenvalue weighted by Gasteiger charge is 2.55. The van der Waals surface area contributed by atoms with Crippen molar-refractivity contribution in [2.45, 2.75) is 52.0 Å². The van der Waals surface area contributed by atoms with Crippen molar-refractivity contribution in [3.05, 3.63) is 40.9 Å². The van der Waals surface area contributed by atoms with E-state index in [1.54, 1.807) is 0 Å². The van der Waals surface area contributed by atoms with Gasteiger partial charge in [0.05, 0.1) is 10.3 Å². The first-order valence-electron chi connectivity index (χ1n) is 11.6. The van der Waals surface area contributed by atoms with Crippen molar-refractivity contribution >= 4 is 57.1 Å². The number of para-hydroxylation sites is 1. The van der Waals surface area contributed by atoms with E-state index >= 15 is 0 Å². The van der Waals surface area contributed by atoms with Gasteiger partial charge >= 0.3 is 0 Å². The largest absolute Gasteiger partial charge is 0.347 e. The van der Waals surface area contributed by atoms with E-state index in [2.05, 4.69) is 35.2 Å². The molecule has 0 spiro atoms. The summed E-state index contributed by atoms with van der Waals surface area (Å²) < 4.78 is 2.58. The first-order chi connectivity index (χ1) is 15.5. The number of hydrogen-bond donors (Lipinski definition) is 1. The van der Waals surface area contributed by atoms with Gasteiger partial charge in [0.1, 0.15) is 0 Å². The summed E-state index contributed by atoms with van der Waals surface area (Å²) in [5.74, 6) is 1.79. The molecule has 4 bridgehead atoms. The molecule has 4 aliphatic carbocycles. The highest BCUT2D eigenvalue weighted by Crippen LogP contribution is 2.60. The number of rotatable bonds is 4. The fraction of sp³-hybridized carbons (Fsp3) is 0.480. The van der Waals surface area contributed by atoms with Gasteiger partial charge in [-0.3, -0.25) is 15.0 Å². The van der Waals surface area contributed by atoms with Crippen LogP contribution in [0.1, 0.15) is 51.0 Å². The number of amides is 2. The number of benzene rings is 1. The molecule has 5 aliphatic rings. The summed E-state index contributed by atoms with van der Waals surface area (Å²) in [6.45, 7) is 2.96. The van der Waals surface area contributed by atoms with E-state index in [1.165, 1.54) is 36.0 Å². The van der Waals surface area contributed by atoms with Crippen LogP contribution in [0, 0.1) is 23.2 Å². The Morgan fingerprint density at radius 1 is 1.19 bits per heavy atom. The zero-order valence-electron chi connectivity index (χ0n) is 18.2. The Kier molecular flexibility index (Phi) is 4.77. The van der Waals surface area contributed by atoms with Crippen molar-refractivity contribution in [3.63, 3.8) is 0 Å². The van der Waals surface area contributed by atoms with Gasteiger partial charge in [0, 0.05) is 29.2 Å². The van der Waals surface area contributed by atoms with Crippen LogP contribution in [0.5, 0.6) is 0 Å². The summed E-state index contributed by atoms with van der Waals surface area (Å²) >= 11 is 6.77. The number of hydrazine groups is 1. The summed E-state index contributed by atoms with van der Waals surface area (Å²) in [5.41, 5.74) is 4.77. The Labute approximate surface area is 197 Å². The Morgan fingerprint density at radius 2 is 1.84 bits per heavy atom. The molecule has 2 aromatic rings. The Morgan fingerprint density at radius 3 is 2.50 bits per heavy atom. The number of fused-ring (bicyclic) bond motifs is 1. The lowest BCUT2D eigenvalue weighted by Crippen LogP contribution is -2.57. The van der Waals surface area contributed by atoms with Crippen molar-refractivity contribution in [2.24, 2.45) is 23.2 Å². The summed E-state index contributed by atoms with van der Waals surface area (Å²) in [7, 11) is 0. The molecule has 5 fully saturated rings. The number of aromatic nitrogens is 1. The van der Waals surface area contributed by atoms with Gasteiger partial charge in [-0.15, -0.1) is 0 Å². The topological polar surface area (TPSA) is 54.3 Å². The minimum atomic E-state index is -0.309. The third kappa shape index (κ3) is 3.16. The Bertz CT molecular complexity index is 1150. The second-order valence-electron chi connectivity index (χ2n) is 10.0. The highest BCUT2D eigenvalue weighted by molar-refractivity contribution is 8.26. The van der Waals surface area contributed by atoms with Gasteiger partial charge in [0.15, 0.2) is 4.32 Å². The van der Waals surface area contributed by atoms with E-state index < -0.39 is 0 Å². The number of thioether (sulfide) groups is 1. The molecular weight excluding hydrogens is 438 g/mol. The smallest absolute Gasteiger partial charge is 0.285 e. The lowest BCUT2D eigenvalue weighted by molar-refractivity contribution is -0.152. The van der Waals surface area contributed by atoms with Gasteiger partial charge in [-0.1, -0.05) is 30.0 Å². The van der Waals surface area contributed by atoms with Crippen LogP contribution in [0.25, 0.3) is 17.0 Å². The van der Waals surface area contributed by atoms with Gasteiger partial charge in [-0.25, -0.2) is 0 Å². The quantitative estimate of drug-likeness (QED) is 0.504. The molecule has 1 saturated heterocycles. The molecule has 1 aromatic carbocycles. The third-order valence-electron chi connectivity index (χ3n) is 7.97. The lowest BCUT2D eigenvalue weighted by Gasteiger charge is -2.55. The molecule has 0 unspecified atom stereocenters. The van der Waals surface area contributed by atoms with Gasteiger partial charge < -0.3 is 4.57 Å². The summed E-state index contributed by atoms with van der Waals surface area (Å²) in [4.78, 5) is 27.2. The first kappa shape index (κ1) is 20.5. The normalized spacial score (nSPS) is 32.5. The van der Waals surface area contributed by atoms with Crippen molar-refractivity contribution in [1.29, 1.82) is 0 Å². The lowest BCUT2D eigenvalue weighted by atomic mass is 9.49. The van der Waals surface area contributed by atoms with E-state index in [0.29, 0.717) is 27.0 Å². The standard InChI is InChI=1S/C25H27N3O2S2/c1-2-27-14-18(19-5-3-4-6-20(19)27)10-21-22(29)28(24(31)32-21)26-23(30)25-11-15-7-16(12-25)9-17(8-15)13-25/h3-6,10,14-17H,2,7-9,11-13H2,1H3,(H,26,30)/b21-10-. The van der Waals surface area contributed by atoms with E-state index in [-0.39, 0.29) is 17.2 Å². The maximum Gasteiger partial charge on any atom is 0.285 e. The van der Waals surface area contributed by atoms with Gasteiger partial charge in [0.2, 0.25) is 5.91 Å². The minimum absolute atomic E-state index is 0.00302. The summed E-state index contributed by atoms with van der Waals surface area (Å²) in [6.07, 6.45) is 10.7. The fourth-order valence-electron chi connectivity index (χ4n) is 6.97. The number of thiocarbonyl (C=S) groups is 1. The average molecular weight is 466 g/mol. The van der Waals surface area contributed by atoms with E-state index in [1.807, 2.05) is 18.2 Å². The Hall–Kier alpha value is -2.12. The number of aryl methyl sites for hydroxylation is 1. The van der Waals surface area contributed by atoms with Crippen LogP contribution in [0.3, 0.4) is 0 Å². The van der Waals surface area contributed by atoms with Crippen LogP contribution in [0.4, 0.5) is 0 Å². The average Bonchev–Trinajstić information content (AvgIpc) is 3.25. The molecule has 0 atom stereocenters. The monoisotopic (exact) mass is 465 g/mol. The maximum absolute atomic E-state index is 13.4. The molecule has 4 saturated carbocycles. The van der Waals surface area contributed by atoms with Crippen molar-refractivity contribution in [1.82, 2.24) is 15.0 Å². The van der Waals surface area contributed by atoms with E-state index in [0.717, 1.165) is 42.3 Å². The summed E-state index contributed by atoms with van der Waals surface area (Å²) in [5, 5.41) is 2.42. The zero-order valence-corrected chi connectivity index (χ0v) is 19.8. The second-order valence-corrected chi connectivity index (χ2v) is 11.7. The molecule has 2 amide bonds. The third-order valence-corrected chi connectivity index (χ3v) is 9.28. The molecule has 166 valence electrons. The number of carbonyl (C=O) groups excluding carboxylic acids is 2. The molecule has 7 rings (SSSR count). The summed E-state index contributed by atoms with van der Waals surface area (Å²) in [6, 6.07) is 8.20. The second kappa shape index (κ2) is 7.45. The number of hydrogen-bond acceptors (Lipinski definition) is 4. The SMILES string of the molecule is CCn1cc(/C=C2\SC(=S)N(NC(=O)C34CC5CC(CC(C5)C3)C4)C2=O)c2ccccc21. The molecule has 0 radical (unpaired) electrons. The number of nitrogens with one attached hydrogen (secondary N) is 1. The zero-order chi connectivity index (χ0) is 22.0. The van der Waals surface area contributed by atoms with Gasteiger partial charge in [-0.2, -0.15) is 5.01 Å². The van der Waals surface area contributed by atoms with Crippen LogP contribution in [0.2, 0.25) is 0 Å². The van der Waals surface area contributed by atoms with Gasteiger partial charge in [0.25, 0.3) is 5.91 Å².